The fourth-order valence-corrected chi connectivity index (χ4v) is 2.18. The average molecular weight is 330 g/mol. The first-order chi connectivity index (χ1) is 11.1. The van der Waals surface area contributed by atoms with E-state index in [2.05, 4.69) is 13.8 Å². The maximum atomic E-state index is 11.7. The minimum Gasteiger partial charge on any atom is -0.466 e. The molecule has 0 fully saturated rings. The highest BCUT2D eigenvalue weighted by Crippen LogP contribution is 2.13. The smallest absolute Gasteiger partial charge is 0.305 e. The maximum Gasteiger partial charge on any atom is 0.305 e. The van der Waals surface area contributed by atoms with Crippen molar-refractivity contribution in [3.63, 3.8) is 0 Å². The van der Waals surface area contributed by atoms with E-state index < -0.39 is 0 Å². The van der Waals surface area contributed by atoms with Gasteiger partial charge in [0.05, 0.1) is 13.2 Å². The summed E-state index contributed by atoms with van der Waals surface area (Å²) in [5, 5.41) is 0. The van der Waals surface area contributed by atoms with E-state index >= 15 is 0 Å². The van der Waals surface area contributed by atoms with E-state index in [4.69, 9.17) is 14.2 Å². The van der Waals surface area contributed by atoms with Crippen LogP contribution in [0.5, 0.6) is 0 Å². The Morgan fingerprint density at radius 1 is 0.870 bits per heavy atom. The van der Waals surface area contributed by atoms with Gasteiger partial charge in [-0.1, -0.05) is 33.1 Å². The third-order valence-electron chi connectivity index (χ3n) is 3.79. The second kappa shape index (κ2) is 15.8. The van der Waals surface area contributed by atoms with Gasteiger partial charge in [-0.3, -0.25) is 9.59 Å². The van der Waals surface area contributed by atoms with Gasteiger partial charge in [0.2, 0.25) is 0 Å². The van der Waals surface area contributed by atoms with Crippen LogP contribution >= 0.6 is 0 Å². The Hall–Kier alpha value is -1.10. The molecule has 0 saturated heterocycles. The van der Waals surface area contributed by atoms with Crippen LogP contribution in [0.25, 0.3) is 0 Å². The summed E-state index contributed by atoms with van der Waals surface area (Å²) in [5.74, 6) is 0.106. The van der Waals surface area contributed by atoms with Crippen molar-refractivity contribution >= 4 is 11.9 Å². The van der Waals surface area contributed by atoms with Crippen LogP contribution in [0, 0.1) is 5.92 Å². The molecule has 0 amide bonds. The van der Waals surface area contributed by atoms with Crippen molar-refractivity contribution in [2.75, 3.05) is 26.9 Å². The molecule has 0 aliphatic rings. The zero-order valence-corrected chi connectivity index (χ0v) is 15.1. The van der Waals surface area contributed by atoms with E-state index in [9.17, 15) is 9.59 Å². The number of unbranched alkanes of at least 4 members (excludes halogenated alkanes) is 2. The molecule has 0 aliphatic heterocycles. The average Bonchev–Trinajstić information content (AvgIpc) is 2.56. The molecule has 0 spiro atoms. The van der Waals surface area contributed by atoms with E-state index in [1.54, 1.807) is 7.11 Å². The van der Waals surface area contributed by atoms with Crippen LogP contribution in [0.4, 0.5) is 0 Å². The second-order valence-electron chi connectivity index (χ2n) is 5.87. The first-order valence-electron chi connectivity index (χ1n) is 8.94. The van der Waals surface area contributed by atoms with Crippen LogP contribution in [0.2, 0.25) is 0 Å². The number of carbonyl (C=O) groups excluding carboxylic acids is 2. The summed E-state index contributed by atoms with van der Waals surface area (Å²) in [4.78, 5) is 23.1. The molecule has 0 aromatic rings. The largest absolute Gasteiger partial charge is 0.466 e. The molecule has 0 aromatic heterocycles. The zero-order chi connectivity index (χ0) is 17.3. The standard InChI is InChI=1S/C18H34O5/c1-4-6-10-16(5-2)15-23-18(20)12-8-7-11-17(19)22-14-9-13-21-3/h16H,4-15H2,1-3H3. The lowest BCUT2D eigenvalue weighted by Crippen LogP contribution is -2.14. The zero-order valence-electron chi connectivity index (χ0n) is 15.1. The van der Waals surface area contributed by atoms with Gasteiger partial charge < -0.3 is 14.2 Å². The molecule has 0 N–H and O–H groups in total. The molecule has 0 radical (unpaired) electrons. The third kappa shape index (κ3) is 14.2. The Morgan fingerprint density at radius 3 is 2.09 bits per heavy atom. The van der Waals surface area contributed by atoms with Crippen molar-refractivity contribution in [1.29, 1.82) is 0 Å². The predicted octanol–water partition coefficient (Wildman–Crippen LogP) is 3.89. The summed E-state index contributed by atoms with van der Waals surface area (Å²) in [7, 11) is 1.62. The van der Waals surface area contributed by atoms with Crippen LogP contribution < -0.4 is 0 Å². The summed E-state index contributed by atoms with van der Waals surface area (Å²) >= 11 is 0. The molecule has 1 unspecified atom stereocenters. The van der Waals surface area contributed by atoms with Crippen molar-refractivity contribution in [2.24, 2.45) is 5.92 Å². The molecule has 5 heteroatoms. The first-order valence-corrected chi connectivity index (χ1v) is 8.94. The molecule has 23 heavy (non-hydrogen) atoms. The number of rotatable bonds is 15. The molecule has 0 aromatic carbocycles. The fraction of sp³-hybridized carbons (Fsp3) is 0.889. The van der Waals surface area contributed by atoms with E-state index in [0.29, 0.717) is 57.8 Å². The third-order valence-corrected chi connectivity index (χ3v) is 3.79. The molecule has 1 atom stereocenters. The Morgan fingerprint density at radius 2 is 1.52 bits per heavy atom. The lowest BCUT2D eigenvalue weighted by Gasteiger charge is -2.14. The van der Waals surface area contributed by atoms with Gasteiger partial charge in [0.15, 0.2) is 0 Å². The lowest BCUT2D eigenvalue weighted by molar-refractivity contribution is -0.147. The number of carbonyl (C=O) groups is 2. The van der Waals surface area contributed by atoms with Gasteiger partial charge in [-0.2, -0.15) is 0 Å². The topological polar surface area (TPSA) is 61.8 Å². The first kappa shape index (κ1) is 21.9. The van der Waals surface area contributed by atoms with Crippen molar-refractivity contribution in [3.8, 4) is 0 Å². The molecule has 5 nitrogen and oxygen atoms in total. The van der Waals surface area contributed by atoms with Crippen molar-refractivity contribution < 1.29 is 23.8 Å². The second-order valence-corrected chi connectivity index (χ2v) is 5.87. The fourth-order valence-electron chi connectivity index (χ4n) is 2.18. The Kier molecular flexibility index (Phi) is 15.0. The lowest BCUT2D eigenvalue weighted by atomic mass is 10.0. The van der Waals surface area contributed by atoms with E-state index in [1.165, 1.54) is 12.8 Å². The van der Waals surface area contributed by atoms with E-state index in [0.717, 1.165) is 12.8 Å². The quantitative estimate of drug-likeness (QED) is 0.337. The monoisotopic (exact) mass is 330 g/mol. The summed E-state index contributed by atoms with van der Waals surface area (Å²) < 4.78 is 15.2. The summed E-state index contributed by atoms with van der Waals surface area (Å²) in [6.45, 7) is 5.81. The van der Waals surface area contributed by atoms with Gasteiger partial charge in [-0.25, -0.2) is 0 Å². The van der Waals surface area contributed by atoms with Gasteiger partial charge in [-0.15, -0.1) is 0 Å². The van der Waals surface area contributed by atoms with Gasteiger partial charge in [0.25, 0.3) is 0 Å². The minimum atomic E-state index is -0.208. The van der Waals surface area contributed by atoms with Crippen LogP contribution in [0.3, 0.4) is 0 Å². The van der Waals surface area contributed by atoms with Gasteiger partial charge in [-0.05, 0) is 25.2 Å². The Labute approximate surface area is 141 Å². The molecule has 0 rings (SSSR count). The molecular formula is C18H34O5. The van der Waals surface area contributed by atoms with E-state index in [1.807, 2.05) is 0 Å². The highest BCUT2D eigenvalue weighted by Gasteiger charge is 2.10. The van der Waals surface area contributed by atoms with Crippen LogP contribution in [0.1, 0.15) is 71.6 Å². The normalized spacial score (nSPS) is 12.0. The number of esters is 2. The van der Waals surface area contributed by atoms with E-state index in [-0.39, 0.29) is 11.9 Å². The number of hydrogen-bond acceptors (Lipinski definition) is 5. The minimum absolute atomic E-state index is 0.159. The summed E-state index contributed by atoms with van der Waals surface area (Å²) in [6, 6.07) is 0. The molecular weight excluding hydrogens is 296 g/mol. The highest BCUT2D eigenvalue weighted by atomic mass is 16.5. The number of methoxy groups -OCH3 is 1. The van der Waals surface area contributed by atoms with Crippen LogP contribution in [-0.4, -0.2) is 38.9 Å². The van der Waals surface area contributed by atoms with Crippen LogP contribution in [0.15, 0.2) is 0 Å². The molecule has 0 bridgehead atoms. The molecule has 0 aliphatic carbocycles. The van der Waals surface area contributed by atoms with Crippen molar-refractivity contribution in [1.82, 2.24) is 0 Å². The SMILES string of the molecule is CCCCC(CC)COC(=O)CCCCC(=O)OCCCOC. The number of ether oxygens (including phenoxy) is 3. The van der Waals surface area contributed by atoms with Gasteiger partial charge in [0.1, 0.15) is 0 Å². The van der Waals surface area contributed by atoms with Crippen molar-refractivity contribution in [3.05, 3.63) is 0 Å². The Balaban J connectivity index is 3.56. The summed E-state index contributed by atoms with van der Waals surface area (Å²) in [5.41, 5.74) is 0. The summed E-state index contributed by atoms with van der Waals surface area (Å²) in [6.07, 6.45) is 7.29. The maximum absolute atomic E-state index is 11.7. The molecule has 136 valence electrons. The predicted molar refractivity (Wildman–Crippen MR) is 90.2 cm³/mol. The Bertz CT molecular complexity index is 304. The van der Waals surface area contributed by atoms with Gasteiger partial charge >= 0.3 is 11.9 Å². The van der Waals surface area contributed by atoms with Crippen LogP contribution in [-0.2, 0) is 23.8 Å². The van der Waals surface area contributed by atoms with Gasteiger partial charge in [0, 0.05) is 33.0 Å². The van der Waals surface area contributed by atoms with Crippen molar-refractivity contribution in [2.45, 2.75) is 71.6 Å². The molecule has 0 saturated carbocycles. The molecule has 0 heterocycles. The highest BCUT2D eigenvalue weighted by molar-refractivity contribution is 5.70. The number of hydrogen-bond donors (Lipinski definition) is 0.